The number of rotatable bonds is 47. The van der Waals surface area contributed by atoms with Gasteiger partial charge in [0.25, 0.3) is 0 Å². The van der Waals surface area contributed by atoms with Gasteiger partial charge in [-0.25, -0.2) is 24.1 Å². The van der Waals surface area contributed by atoms with E-state index >= 15 is 0 Å². The minimum atomic E-state index is -1.41. The highest BCUT2D eigenvalue weighted by Crippen LogP contribution is 2.43. The highest BCUT2D eigenvalue weighted by Gasteiger charge is 2.41. The fourth-order valence-corrected chi connectivity index (χ4v) is 11.0. The zero-order chi connectivity index (χ0) is 67.5. The van der Waals surface area contributed by atoms with E-state index in [2.05, 4.69) is 67.3 Å². The Kier molecular flexibility index (Phi) is 33.9. The topological polar surface area (TPSA) is 329 Å². The van der Waals surface area contributed by atoms with E-state index in [-0.39, 0.29) is 146 Å². The smallest absolute Gasteiger partial charge is 0.328 e. The third-order valence-corrected chi connectivity index (χ3v) is 16.4. The van der Waals surface area contributed by atoms with Crippen LogP contribution in [0, 0.1) is 0 Å². The molecule has 0 unspecified atom stereocenters. The number of aromatic nitrogens is 5. The van der Waals surface area contributed by atoms with Crippen LogP contribution < -0.4 is 26.6 Å². The van der Waals surface area contributed by atoms with Crippen molar-refractivity contribution in [1.82, 2.24) is 50.9 Å². The number of halogens is 2. The lowest BCUT2D eigenvalue weighted by molar-refractivity contribution is -0.145. The largest absolute Gasteiger partial charge is 0.469 e. The minimum absolute atomic E-state index is 0.000590. The first-order chi connectivity index (χ1) is 45.5. The van der Waals surface area contributed by atoms with Gasteiger partial charge < -0.3 is 59.9 Å². The average Bonchev–Trinajstić information content (AvgIpc) is 1.62. The molecule has 1 saturated carbocycles. The van der Waals surface area contributed by atoms with Gasteiger partial charge in [-0.05, 0) is 83.3 Å². The van der Waals surface area contributed by atoms with Gasteiger partial charge in [0, 0.05) is 69.0 Å². The molecule has 26 nitrogen and oxygen atoms in total. The van der Waals surface area contributed by atoms with Crippen molar-refractivity contribution < 1.29 is 76.0 Å². The standard InChI is InChI=1S/C66H93BrFN11O15/c1-45(80)63-51-36-47(22-25-53(51)79(77-63)42-61(85)78-41-49(68)37-54(78)65(87)76-64-50(46-20-21-46)23-26-55(67)75-64)48-38-71-56(72-39-48)40-73-60(84)44-94-35-33-92-31-29-70-59(83)43-93-34-32-91-30-28-69-57(81)27-24-52(66(88)90-3)74-58(82)18-16-14-12-10-8-6-4-5-7-9-11-13-15-17-19-62(86)89-2/h22-23,25-26,36,38-39,46,49,52,54H,4-21,24,27-35,37,40-44H2,1-3H3,(H,69,81)(H,70,83)(H,73,84)(H,74,82)(H,75,76,87)/t49-,52+,54+/m1/s1. The van der Waals surface area contributed by atoms with Crippen molar-refractivity contribution in [2.24, 2.45) is 0 Å². The molecule has 5 N–H and O–H groups in total. The normalized spacial score (nSPS) is 14.7. The van der Waals surface area contributed by atoms with Gasteiger partial charge in [0.1, 0.15) is 60.0 Å². The molecule has 3 atom stereocenters. The van der Waals surface area contributed by atoms with Crippen molar-refractivity contribution in [3.63, 3.8) is 0 Å². The van der Waals surface area contributed by atoms with Gasteiger partial charge in [0.15, 0.2) is 5.78 Å². The van der Waals surface area contributed by atoms with Crippen molar-refractivity contribution in [3.05, 3.63) is 64.4 Å². The summed E-state index contributed by atoms with van der Waals surface area (Å²) in [6.45, 7) is 1.81. The molecule has 0 bridgehead atoms. The quantitative estimate of drug-likeness (QED) is 0.0128. The van der Waals surface area contributed by atoms with Gasteiger partial charge >= 0.3 is 11.9 Å². The van der Waals surface area contributed by atoms with E-state index in [1.807, 2.05) is 6.07 Å². The van der Waals surface area contributed by atoms with E-state index in [1.54, 1.807) is 36.7 Å². The Hall–Kier alpha value is -7.40. The molecular formula is C66H93BrFN11O15. The Morgan fingerprint density at radius 3 is 1.84 bits per heavy atom. The number of hydrogen-bond donors (Lipinski definition) is 5. The van der Waals surface area contributed by atoms with Gasteiger partial charge in [-0.15, -0.1) is 0 Å². The summed E-state index contributed by atoms with van der Waals surface area (Å²) in [4.78, 5) is 128. The maximum absolute atomic E-state index is 14.9. The first-order valence-corrected chi connectivity index (χ1v) is 33.6. The van der Waals surface area contributed by atoms with Crippen LogP contribution in [-0.4, -0.2) is 188 Å². The van der Waals surface area contributed by atoms with Crippen LogP contribution in [0.25, 0.3) is 22.0 Å². The number of alkyl halides is 1. The predicted octanol–water partition coefficient (Wildman–Crippen LogP) is 7.08. The second-order valence-electron chi connectivity index (χ2n) is 23.4. The van der Waals surface area contributed by atoms with Crippen LogP contribution in [0.1, 0.15) is 170 Å². The molecule has 6 rings (SSSR count). The molecule has 3 aromatic heterocycles. The molecule has 4 heterocycles. The fraction of sp³-hybridized carbons (Fsp3) is 0.621. The first-order valence-electron chi connectivity index (χ1n) is 32.8. The maximum atomic E-state index is 14.9. The molecular weight excluding hydrogens is 1290 g/mol. The average molecular weight is 1380 g/mol. The third kappa shape index (κ3) is 27.5. The van der Waals surface area contributed by atoms with E-state index < -0.39 is 41.9 Å². The summed E-state index contributed by atoms with van der Waals surface area (Å²) in [5.41, 5.74) is 2.77. The van der Waals surface area contributed by atoms with Crippen LogP contribution in [0.5, 0.6) is 0 Å². The molecule has 1 aromatic carbocycles. The second kappa shape index (κ2) is 42.1. The summed E-state index contributed by atoms with van der Waals surface area (Å²) < 4.78 is 48.1. The number of ether oxygens (including phenoxy) is 6. The molecule has 4 aromatic rings. The number of nitrogens with one attached hydrogen (secondary N) is 5. The molecule has 6 amide bonds. The van der Waals surface area contributed by atoms with Crippen LogP contribution in [0.3, 0.4) is 0 Å². The Balaban J connectivity index is 0.737. The van der Waals surface area contributed by atoms with Crippen LogP contribution in [-0.2, 0) is 79.9 Å². The Morgan fingerprint density at radius 2 is 1.24 bits per heavy atom. The molecule has 28 heteroatoms. The fourth-order valence-electron chi connectivity index (χ4n) is 10.7. The number of pyridine rings is 1. The number of Topliss-reactive ketones (excluding diaryl/α,β-unsaturated/α-hetero) is 1. The van der Waals surface area contributed by atoms with Crippen molar-refractivity contribution in [2.75, 3.05) is 92.0 Å². The number of hydrogen-bond acceptors (Lipinski definition) is 19. The third-order valence-electron chi connectivity index (χ3n) is 16.0. The van der Waals surface area contributed by atoms with Gasteiger partial charge in [0.2, 0.25) is 35.4 Å². The zero-order valence-corrected chi connectivity index (χ0v) is 56.0. The summed E-state index contributed by atoms with van der Waals surface area (Å²) >= 11 is 3.35. The number of unbranched alkanes of at least 4 members (excludes halogenated alkanes) is 13. The second-order valence-corrected chi connectivity index (χ2v) is 24.2. The number of carbonyl (C=O) groups is 9. The lowest BCUT2D eigenvalue weighted by atomic mass is 10.0. The lowest BCUT2D eigenvalue weighted by Gasteiger charge is -2.24. The number of ketones is 1. The van der Waals surface area contributed by atoms with E-state index in [1.165, 1.54) is 82.1 Å². The van der Waals surface area contributed by atoms with E-state index in [9.17, 15) is 47.5 Å². The first kappa shape index (κ1) is 75.6. The predicted molar refractivity (Wildman–Crippen MR) is 349 cm³/mol. The number of carbonyl (C=O) groups excluding carboxylic acids is 9. The molecule has 2 aliphatic rings. The van der Waals surface area contributed by atoms with Gasteiger partial charge in [0.05, 0.1) is 72.5 Å². The highest BCUT2D eigenvalue weighted by atomic mass is 79.9. The minimum Gasteiger partial charge on any atom is -0.469 e. The van der Waals surface area contributed by atoms with E-state index in [0.29, 0.717) is 51.1 Å². The summed E-state index contributed by atoms with van der Waals surface area (Å²) in [7, 11) is 2.67. The summed E-state index contributed by atoms with van der Waals surface area (Å²) in [6, 6.07) is 6.93. The Bertz CT molecular complexity index is 3100. The number of amides is 6. The van der Waals surface area contributed by atoms with E-state index in [4.69, 9.17) is 23.7 Å². The van der Waals surface area contributed by atoms with Crippen LogP contribution in [0.4, 0.5) is 10.2 Å². The number of likely N-dealkylation sites (tertiary alicyclic amines) is 1. The van der Waals surface area contributed by atoms with Crippen molar-refractivity contribution >= 4 is 85.8 Å². The summed E-state index contributed by atoms with van der Waals surface area (Å²) in [5, 5.41) is 18.6. The lowest BCUT2D eigenvalue weighted by Crippen LogP contribution is -2.44. The molecule has 2 fully saturated rings. The number of esters is 2. The van der Waals surface area contributed by atoms with Crippen molar-refractivity contribution in [2.45, 2.75) is 179 Å². The van der Waals surface area contributed by atoms with Crippen molar-refractivity contribution in [1.29, 1.82) is 0 Å². The van der Waals surface area contributed by atoms with Crippen LogP contribution >= 0.6 is 15.9 Å². The SMILES string of the molecule is COC(=O)CCCCCCCCCCCCCCCCC(=O)N[C@@H](CCC(=O)NCCOCCOCC(=O)NCCOCCOCC(=O)NCc1ncc(-c2ccc3c(c2)c(C(C)=O)nn3CC(=O)N2C[C@H](F)C[C@H]2C(=O)Nc2nc(Br)ccc2C2CC2)cn1)C(=O)OC. The monoisotopic (exact) mass is 1380 g/mol. The maximum Gasteiger partial charge on any atom is 0.328 e. The molecule has 0 spiro atoms. The van der Waals surface area contributed by atoms with E-state index in [0.717, 1.165) is 56.9 Å². The number of benzene rings is 1. The van der Waals surface area contributed by atoms with Gasteiger partial charge in [-0.1, -0.05) is 89.2 Å². The van der Waals surface area contributed by atoms with Gasteiger partial charge in [-0.2, -0.15) is 5.10 Å². The van der Waals surface area contributed by atoms with Crippen LogP contribution in [0.15, 0.2) is 47.3 Å². The number of fused-ring (bicyclic) bond motifs is 1. The Morgan fingerprint density at radius 1 is 0.660 bits per heavy atom. The molecule has 516 valence electrons. The Labute approximate surface area is 556 Å². The number of nitrogens with zero attached hydrogens (tertiary/aromatic N) is 6. The molecule has 1 saturated heterocycles. The zero-order valence-electron chi connectivity index (χ0n) is 54.5. The molecule has 0 radical (unpaired) electrons. The highest BCUT2D eigenvalue weighted by molar-refractivity contribution is 9.10. The summed E-state index contributed by atoms with van der Waals surface area (Å²) in [5.74, 6) is -2.45. The molecule has 1 aliphatic carbocycles. The number of anilines is 1. The number of methoxy groups -OCH3 is 2. The molecule has 1 aliphatic heterocycles. The van der Waals surface area contributed by atoms with Gasteiger partial charge in [-0.3, -0.25) is 43.0 Å². The summed E-state index contributed by atoms with van der Waals surface area (Å²) in [6.07, 6.45) is 20.0. The van der Waals surface area contributed by atoms with Crippen molar-refractivity contribution in [3.8, 4) is 11.1 Å². The van der Waals surface area contributed by atoms with Crippen LogP contribution in [0.2, 0.25) is 0 Å². The molecule has 94 heavy (non-hydrogen) atoms.